The number of amides is 2. The molecule has 0 radical (unpaired) electrons. The quantitative estimate of drug-likeness (QED) is 0.701. The highest BCUT2D eigenvalue weighted by Crippen LogP contribution is 2.27. The fourth-order valence-corrected chi connectivity index (χ4v) is 3.91. The van der Waals surface area contributed by atoms with Crippen LogP contribution >= 0.6 is 0 Å². The molecule has 0 aromatic heterocycles. The highest BCUT2D eigenvalue weighted by Gasteiger charge is 2.30. The molecule has 1 saturated heterocycles. The summed E-state index contributed by atoms with van der Waals surface area (Å²) in [5, 5.41) is 0. The lowest BCUT2D eigenvalue weighted by Gasteiger charge is -2.34. The Kier molecular flexibility index (Phi) is 7.14. The van der Waals surface area contributed by atoms with Gasteiger partial charge in [0.1, 0.15) is 5.75 Å². The first kappa shape index (κ1) is 21.9. The van der Waals surface area contributed by atoms with Crippen molar-refractivity contribution in [3.63, 3.8) is 0 Å². The molecule has 0 bridgehead atoms. The number of anilines is 1. The van der Waals surface area contributed by atoms with E-state index < -0.39 is 0 Å². The van der Waals surface area contributed by atoms with Gasteiger partial charge in [-0.3, -0.25) is 9.59 Å². The van der Waals surface area contributed by atoms with E-state index in [9.17, 15) is 9.59 Å². The zero-order chi connectivity index (χ0) is 21.7. The Labute approximate surface area is 179 Å². The van der Waals surface area contributed by atoms with Crippen LogP contribution in [0.1, 0.15) is 50.7 Å². The van der Waals surface area contributed by atoms with Crippen molar-refractivity contribution in [2.24, 2.45) is 5.92 Å². The molecule has 2 aromatic carbocycles. The summed E-state index contributed by atoms with van der Waals surface area (Å²) in [5.41, 5.74) is 3.25. The third kappa shape index (κ3) is 5.21. The Balaban J connectivity index is 1.81. The van der Waals surface area contributed by atoms with E-state index in [2.05, 4.69) is 38.1 Å². The monoisotopic (exact) mass is 408 g/mol. The first-order valence-corrected chi connectivity index (χ1v) is 10.7. The lowest BCUT2D eigenvalue weighted by molar-refractivity contribution is -0.133. The maximum Gasteiger partial charge on any atom is 0.230 e. The second-order valence-electron chi connectivity index (χ2n) is 8.30. The van der Waals surface area contributed by atoms with Gasteiger partial charge < -0.3 is 14.5 Å². The summed E-state index contributed by atoms with van der Waals surface area (Å²) < 4.78 is 5.27. The predicted octanol–water partition coefficient (Wildman–Crippen LogP) is 4.61. The van der Waals surface area contributed by atoms with Gasteiger partial charge in [0.25, 0.3) is 0 Å². The molecule has 2 amide bonds. The predicted molar refractivity (Wildman–Crippen MR) is 120 cm³/mol. The molecule has 3 rings (SSSR count). The van der Waals surface area contributed by atoms with Gasteiger partial charge in [-0.05, 0) is 54.2 Å². The van der Waals surface area contributed by atoms with Gasteiger partial charge >= 0.3 is 0 Å². The number of likely N-dealkylation sites (tertiary alicyclic amines) is 1. The molecule has 0 N–H and O–H groups in total. The van der Waals surface area contributed by atoms with Crippen molar-refractivity contribution in [1.29, 1.82) is 0 Å². The summed E-state index contributed by atoms with van der Waals surface area (Å²) in [5.74, 6) is 1.37. The van der Waals surface area contributed by atoms with Crippen LogP contribution in [0, 0.1) is 5.92 Å². The van der Waals surface area contributed by atoms with Crippen molar-refractivity contribution in [2.45, 2.75) is 46.1 Å². The lowest BCUT2D eigenvalue weighted by atomic mass is 9.94. The number of methoxy groups -OCH3 is 1. The van der Waals surface area contributed by atoms with Gasteiger partial charge in [0.2, 0.25) is 11.8 Å². The van der Waals surface area contributed by atoms with E-state index in [1.165, 1.54) is 5.56 Å². The van der Waals surface area contributed by atoms with Crippen LogP contribution in [0.5, 0.6) is 5.75 Å². The second-order valence-corrected chi connectivity index (χ2v) is 8.30. The fourth-order valence-electron chi connectivity index (χ4n) is 3.91. The van der Waals surface area contributed by atoms with Crippen molar-refractivity contribution < 1.29 is 14.3 Å². The molecule has 1 aliphatic rings. The molecule has 0 atom stereocenters. The topological polar surface area (TPSA) is 49.9 Å². The molecule has 1 heterocycles. The van der Waals surface area contributed by atoms with Gasteiger partial charge in [0.15, 0.2) is 0 Å². The molecule has 0 spiro atoms. The SMILES string of the molecule is COc1ccc(N(Cc2ccc(C(C)C)cc2)C(=O)C2CCN(C(C)=O)CC2)cc1. The molecule has 0 unspecified atom stereocenters. The van der Waals surface area contributed by atoms with E-state index in [0.717, 1.165) is 17.0 Å². The number of ether oxygens (including phenoxy) is 1. The van der Waals surface area contributed by atoms with Crippen LogP contribution in [-0.2, 0) is 16.1 Å². The van der Waals surface area contributed by atoms with Crippen LogP contribution in [0.25, 0.3) is 0 Å². The van der Waals surface area contributed by atoms with Gasteiger partial charge in [-0.1, -0.05) is 38.1 Å². The van der Waals surface area contributed by atoms with Crippen LogP contribution in [0.2, 0.25) is 0 Å². The van der Waals surface area contributed by atoms with Crippen molar-refractivity contribution >= 4 is 17.5 Å². The first-order valence-electron chi connectivity index (χ1n) is 10.7. The Morgan fingerprint density at radius 1 is 1.03 bits per heavy atom. The largest absolute Gasteiger partial charge is 0.497 e. The van der Waals surface area contributed by atoms with Crippen molar-refractivity contribution in [3.05, 3.63) is 59.7 Å². The number of rotatable bonds is 6. The molecule has 1 aliphatic heterocycles. The van der Waals surface area contributed by atoms with E-state index in [1.54, 1.807) is 14.0 Å². The van der Waals surface area contributed by atoms with Gasteiger partial charge in [0.05, 0.1) is 13.7 Å². The third-order valence-corrected chi connectivity index (χ3v) is 5.93. The summed E-state index contributed by atoms with van der Waals surface area (Å²) in [4.78, 5) is 28.8. The van der Waals surface area contributed by atoms with Crippen LogP contribution in [-0.4, -0.2) is 36.9 Å². The van der Waals surface area contributed by atoms with E-state index in [0.29, 0.717) is 38.4 Å². The minimum absolute atomic E-state index is 0.0716. The van der Waals surface area contributed by atoms with Gasteiger partial charge in [-0.15, -0.1) is 0 Å². The van der Waals surface area contributed by atoms with E-state index in [1.807, 2.05) is 34.1 Å². The summed E-state index contributed by atoms with van der Waals surface area (Å²) in [6.45, 7) is 7.75. The Morgan fingerprint density at radius 3 is 2.13 bits per heavy atom. The number of piperidine rings is 1. The van der Waals surface area contributed by atoms with Crippen LogP contribution in [0.4, 0.5) is 5.69 Å². The molecule has 160 valence electrons. The number of hydrogen-bond donors (Lipinski definition) is 0. The molecular weight excluding hydrogens is 376 g/mol. The number of nitrogens with zero attached hydrogens (tertiary/aromatic N) is 2. The zero-order valence-corrected chi connectivity index (χ0v) is 18.4. The minimum Gasteiger partial charge on any atom is -0.497 e. The summed E-state index contributed by atoms with van der Waals surface area (Å²) >= 11 is 0. The number of hydrogen-bond acceptors (Lipinski definition) is 3. The molecular formula is C25H32N2O3. The Morgan fingerprint density at radius 2 is 1.63 bits per heavy atom. The minimum atomic E-state index is -0.0716. The average molecular weight is 409 g/mol. The Bertz CT molecular complexity index is 851. The highest BCUT2D eigenvalue weighted by atomic mass is 16.5. The fraction of sp³-hybridized carbons (Fsp3) is 0.440. The van der Waals surface area contributed by atoms with Crippen molar-refractivity contribution in [3.8, 4) is 5.75 Å². The maximum atomic E-state index is 13.5. The molecule has 0 aliphatic carbocycles. The normalized spacial score (nSPS) is 14.6. The van der Waals surface area contributed by atoms with Crippen LogP contribution in [0.15, 0.2) is 48.5 Å². The van der Waals surface area contributed by atoms with E-state index >= 15 is 0 Å². The van der Waals surface area contributed by atoms with Gasteiger partial charge in [-0.2, -0.15) is 0 Å². The average Bonchev–Trinajstić information content (AvgIpc) is 2.77. The number of carbonyl (C=O) groups is 2. The molecule has 2 aromatic rings. The third-order valence-electron chi connectivity index (χ3n) is 5.93. The first-order chi connectivity index (χ1) is 14.4. The standard InChI is InChI=1S/C25H32N2O3/c1-18(2)21-7-5-20(6-8-21)17-27(23-9-11-24(30-4)12-10-23)25(29)22-13-15-26(16-14-22)19(3)28/h5-12,18,22H,13-17H2,1-4H3. The smallest absolute Gasteiger partial charge is 0.230 e. The molecule has 30 heavy (non-hydrogen) atoms. The summed E-state index contributed by atoms with van der Waals surface area (Å²) in [6, 6.07) is 16.1. The van der Waals surface area contributed by atoms with Crippen LogP contribution < -0.4 is 9.64 Å². The van der Waals surface area contributed by atoms with E-state index in [4.69, 9.17) is 4.74 Å². The molecule has 0 saturated carbocycles. The van der Waals surface area contributed by atoms with Crippen molar-refractivity contribution in [1.82, 2.24) is 4.90 Å². The van der Waals surface area contributed by atoms with Gasteiger partial charge in [0, 0.05) is 31.6 Å². The number of benzene rings is 2. The second kappa shape index (κ2) is 9.79. The highest BCUT2D eigenvalue weighted by molar-refractivity contribution is 5.95. The van der Waals surface area contributed by atoms with Crippen molar-refractivity contribution in [2.75, 3.05) is 25.1 Å². The maximum absolute atomic E-state index is 13.5. The van der Waals surface area contributed by atoms with Gasteiger partial charge in [-0.25, -0.2) is 0 Å². The number of carbonyl (C=O) groups excluding carboxylic acids is 2. The lowest BCUT2D eigenvalue weighted by Crippen LogP contribution is -2.43. The molecule has 5 heteroatoms. The zero-order valence-electron chi connectivity index (χ0n) is 18.4. The molecule has 5 nitrogen and oxygen atoms in total. The molecule has 1 fully saturated rings. The van der Waals surface area contributed by atoms with Crippen LogP contribution in [0.3, 0.4) is 0 Å². The Hall–Kier alpha value is -2.82. The summed E-state index contributed by atoms with van der Waals surface area (Å²) in [7, 11) is 1.64. The van der Waals surface area contributed by atoms with E-state index in [-0.39, 0.29) is 17.7 Å². The summed E-state index contributed by atoms with van der Waals surface area (Å²) in [6.07, 6.45) is 1.41.